The molecular formula is C13H14N2O2. The Balaban J connectivity index is 2.18. The van der Waals surface area contributed by atoms with Crippen molar-refractivity contribution in [3.05, 3.63) is 29.3 Å². The van der Waals surface area contributed by atoms with Crippen molar-refractivity contribution in [1.82, 2.24) is 5.32 Å². The quantitative estimate of drug-likeness (QED) is 0.739. The van der Waals surface area contributed by atoms with Gasteiger partial charge in [-0.15, -0.1) is 0 Å². The van der Waals surface area contributed by atoms with Gasteiger partial charge in [0, 0.05) is 12.6 Å². The van der Waals surface area contributed by atoms with Gasteiger partial charge in [0.15, 0.2) is 5.78 Å². The van der Waals surface area contributed by atoms with E-state index >= 15 is 0 Å². The van der Waals surface area contributed by atoms with Gasteiger partial charge in [0.25, 0.3) is 0 Å². The van der Waals surface area contributed by atoms with Gasteiger partial charge in [-0.2, -0.15) is 0 Å². The number of amides is 2. The van der Waals surface area contributed by atoms with Gasteiger partial charge in [-0.3, -0.25) is 9.69 Å². The molecule has 0 aromatic heterocycles. The molecule has 0 bridgehead atoms. The molecule has 88 valence electrons. The third kappa shape index (κ3) is 1.18. The first-order chi connectivity index (χ1) is 8.10. The van der Waals surface area contributed by atoms with E-state index in [4.69, 9.17) is 0 Å². The highest BCUT2D eigenvalue weighted by molar-refractivity contribution is 6.21. The topological polar surface area (TPSA) is 49.4 Å². The lowest BCUT2D eigenvalue weighted by molar-refractivity contribution is 0.0960. The third-order valence-electron chi connectivity index (χ3n) is 3.63. The molecule has 1 N–H and O–H groups in total. The molecule has 4 heteroatoms. The number of hydrogen-bond donors (Lipinski definition) is 1. The smallest absolute Gasteiger partial charge is 0.322 e. The number of Topliss-reactive ketones (excluding diaryl/α,β-unsaturated/α-hetero) is 1. The zero-order valence-electron chi connectivity index (χ0n) is 9.91. The standard InChI is InChI=1S/C13H14N2O2/c1-8-3-4-10-9(7-8)11(16)13(5-6-13)15(10)12(17)14-2/h3-4,7H,5-6H2,1-2H3,(H,14,17). The van der Waals surface area contributed by atoms with Crippen molar-refractivity contribution in [3.63, 3.8) is 0 Å². The SMILES string of the molecule is CNC(=O)N1c2ccc(C)cc2C(=O)C12CC2. The molecule has 0 radical (unpaired) electrons. The maximum absolute atomic E-state index is 12.3. The lowest BCUT2D eigenvalue weighted by Crippen LogP contribution is -2.46. The van der Waals surface area contributed by atoms with Crippen molar-refractivity contribution in [1.29, 1.82) is 0 Å². The number of aryl methyl sites for hydroxylation is 1. The summed E-state index contributed by atoms with van der Waals surface area (Å²) in [7, 11) is 1.59. The lowest BCUT2D eigenvalue weighted by atomic mass is 10.1. The summed E-state index contributed by atoms with van der Waals surface area (Å²) < 4.78 is 0. The average Bonchev–Trinajstić information content (AvgIpc) is 3.07. The van der Waals surface area contributed by atoms with Crippen LogP contribution in [0.2, 0.25) is 0 Å². The molecule has 0 unspecified atom stereocenters. The van der Waals surface area contributed by atoms with Crippen LogP contribution in [0, 0.1) is 6.92 Å². The highest BCUT2D eigenvalue weighted by Crippen LogP contribution is 2.53. The summed E-state index contributed by atoms with van der Waals surface area (Å²) in [5.41, 5.74) is 1.91. The zero-order valence-corrected chi connectivity index (χ0v) is 9.91. The number of nitrogens with zero attached hydrogens (tertiary/aromatic N) is 1. The van der Waals surface area contributed by atoms with Crippen LogP contribution in [-0.2, 0) is 0 Å². The van der Waals surface area contributed by atoms with Crippen LogP contribution in [0.25, 0.3) is 0 Å². The molecule has 0 atom stereocenters. The number of nitrogens with one attached hydrogen (secondary N) is 1. The highest BCUT2D eigenvalue weighted by atomic mass is 16.2. The Morgan fingerprint density at radius 1 is 1.41 bits per heavy atom. The van der Waals surface area contributed by atoms with Gasteiger partial charge < -0.3 is 5.32 Å². The van der Waals surface area contributed by atoms with Gasteiger partial charge in [-0.1, -0.05) is 11.6 Å². The van der Waals surface area contributed by atoms with Gasteiger partial charge in [0.1, 0.15) is 5.54 Å². The predicted octanol–water partition coefficient (Wildman–Crippen LogP) is 1.87. The minimum atomic E-state index is -0.573. The van der Waals surface area contributed by atoms with E-state index in [1.54, 1.807) is 11.9 Å². The Hall–Kier alpha value is -1.84. The summed E-state index contributed by atoms with van der Waals surface area (Å²) in [5, 5.41) is 2.61. The van der Waals surface area contributed by atoms with E-state index in [2.05, 4.69) is 5.32 Å². The van der Waals surface area contributed by atoms with Crippen molar-refractivity contribution in [2.75, 3.05) is 11.9 Å². The van der Waals surface area contributed by atoms with Crippen LogP contribution < -0.4 is 10.2 Å². The zero-order chi connectivity index (χ0) is 12.2. The van der Waals surface area contributed by atoms with Gasteiger partial charge in [-0.25, -0.2) is 4.79 Å². The van der Waals surface area contributed by atoms with Crippen LogP contribution in [0.4, 0.5) is 10.5 Å². The van der Waals surface area contributed by atoms with Crippen molar-refractivity contribution < 1.29 is 9.59 Å². The molecule has 17 heavy (non-hydrogen) atoms. The normalized spacial score (nSPS) is 19.4. The molecule has 1 heterocycles. The maximum Gasteiger partial charge on any atom is 0.322 e. The molecule has 3 rings (SSSR count). The monoisotopic (exact) mass is 230 g/mol. The number of rotatable bonds is 0. The summed E-state index contributed by atoms with van der Waals surface area (Å²) >= 11 is 0. The molecule has 1 aromatic carbocycles. The first kappa shape index (κ1) is 10.3. The van der Waals surface area contributed by atoms with E-state index in [-0.39, 0.29) is 11.8 Å². The molecule has 1 aromatic rings. The van der Waals surface area contributed by atoms with Crippen LogP contribution in [-0.4, -0.2) is 24.4 Å². The van der Waals surface area contributed by atoms with Crippen LogP contribution in [0.5, 0.6) is 0 Å². The van der Waals surface area contributed by atoms with E-state index in [0.29, 0.717) is 5.56 Å². The molecular weight excluding hydrogens is 216 g/mol. The minimum absolute atomic E-state index is 0.0970. The average molecular weight is 230 g/mol. The lowest BCUT2D eigenvalue weighted by Gasteiger charge is -2.23. The van der Waals surface area contributed by atoms with E-state index in [9.17, 15) is 9.59 Å². The summed E-state index contributed by atoms with van der Waals surface area (Å²) in [6.07, 6.45) is 1.54. The molecule has 1 fully saturated rings. The Kier molecular flexibility index (Phi) is 1.88. The second-order valence-corrected chi connectivity index (χ2v) is 4.77. The van der Waals surface area contributed by atoms with Crippen molar-refractivity contribution in [3.8, 4) is 0 Å². The second-order valence-electron chi connectivity index (χ2n) is 4.77. The summed E-state index contributed by atoms with van der Waals surface area (Å²) in [6, 6.07) is 5.48. The Morgan fingerprint density at radius 3 is 2.71 bits per heavy atom. The van der Waals surface area contributed by atoms with Gasteiger partial charge in [-0.05, 0) is 31.9 Å². The molecule has 2 aliphatic rings. The number of hydrogen-bond acceptors (Lipinski definition) is 2. The Bertz CT molecular complexity index is 532. The van der Waals surface area contributed by atoms with E-state index < -0.39 is 5.54 Å². The maximum atomic E-state index is 12.3. The number of ketones is 1. The van der Waals surface area contributed by atoms with Crippen LogP contribution >= 0.6 is 0 Å². The Labute approximate surface area is 99.6 Å². The van der Waals surface area contributed by atoms with E-state index in [1.165, 1.54) is 0 Å². The summed E-state index contributed by atoms with van der Waals surface area (Å²) in [4.78, 5) is 25.9. The van der Waals surface area contributed by atoms with Crippen LogP contribution in [0.15, 0.2) is 18.2 Å². The largest absolute Gasteiger partial charge is 0.341 e. The highest BCUT2D eigenvalue weighted by Gasteiger charge is 2.61. The van der Waals surface area contributed by atoms with Crippen LogP contribution in [0.1, 0.15) is 28.8 Å². The fourth-order valence-electron chi connectivity index (χ4n) is 2.59. The van der Waals surface area contributed by atoms with Gasteiger partial charge in [0.05, 0.1) is 5.69 Å². The van der Waals surface area contributed by atoms with E-state index in [0.717, 1.165) is 24.1 Å². The third-order valence-corrected chi connectivity index (χ3v) is 3.63. The van der Waals surface area contributed by atoms with Gasteiger partial charge in [0.2, 0.25) is 0 Å². The first-order valence-electron chi connectivity index (χ1n) is 5.77. The van der Waals surface area contributed by atoms with Crippen molar-refractivity contribution in [2.45, 2.75) is 25.3 Å². The fraction of sp³-hybridized carbons (Fsp3) is 0.385. The van der Waals surface area contributed by atoms with Crippen LogP contribution in [0.3, 0.4) is 0 Å². The minimum Gasteiger partial charge on any atom is -0.341 e. The predicted molar refractivity (Wildman–Crippen MR) is 64.4 cm³/mol. The van der Waals surface area contributed by atoms with E-state index in [1.807, 2.05) is 25.1 Å². The van der Waals surface area contributed by atoms with Crippen molar-refractivity contribution >= 4 is 17.5 Å². The first-order valence-corrected chi connectivity index (χ1v) is 5.77. The number of benzene rings is 1. The summed E-state index contributed by atoms with van der Waals surface area (Å²) in [5.74, 6) is 0.0970. The number of fused-ring (bicyclic) bond motifs is 1. The molecule has 1 aliphatic heterocycles. The molecule has 2 amide bonds. The number of urea groups is 1. The Morgan fingerprint density at radius 2 is 2.12 bits per heavy atom. The molecule has 1 spiro atoms. The molecule has 0 saturated heterocycles. The number of anilines is 1. The number of carbonyl (C=O) groups excluding carboxylic acids is 2. The molecule has 4 nitrogen and oxygen atoms in total. The van der Waals surface area contributed by atoms with Gasteiger partial charge >= 0.3 is 6.03 Å². The molecule has 1 saturated carbocycles. The fourth-order valence-corrected chi connectivity index (χ4v) is 2.59. The molecule has 1 aliphatic carbocycles. The number of carbonyl (C=O) groups is 2. The van der Waals surface area contributed by atoms with Crippen molar-refractivity contribution in [2.24, 2.45) is 0 Å². The second kappa shape index (κ2) is 3.09. The summed E-state index contributed by atoms with van der Waals surface area (Å²) in [6.45, 7) is 1.95.